The number of carbonyl (C=O) groups is 1. The van der Waals surface area contributed by atoms with Crippen molar-refractivity contribution in [1.29, 1.82) is 0 Å². The first kappa shape index (κ1) is 16.3. The molecule has 22 heavy (non-hydrogen) atoms. The Morgan fingerprint density at radius 3 is 2.41 bits per heavy atom. The third kappa shape index (κ3) is 3.58. The van der Waals surface area contributed by atoms with Gasteiger partial charge in [-0.15, -0.1) is 0 Å². The molecule has 0 heterocycles. The molecule has 0 bridgehead atoms. The lowest BCUT2D eigenvalue weighted by molar-refractivity contribution is -0.116. The molecule has 0 radical (unpaired) electrons. The van der Waals surface area contributed by atoms with Crippen molar-refractivity contribution in [2.45, 2.75) is 16.7 Å². The predicted octanol–water partition coefficient (Wildman–Crippen LogP) is 2.38. The first-order valence-electron chi connectivity index (χ1n) is 6.44. The van der Waals surface area contributed by atoms with E-state index in [-0.39, 0.29) is 27.0 Å². The highest BCUT2D eigenvalue weighted by Gasteiger charge is 2.22. The molecule has 0 aliphatic carbocycles. The minimum absolute atomic E-state index is 0.00473. The number of carbonyl (C=O) groups excluding carboxylic acids is 1. The number of nitrogens with two attached hydrogens (primary N) is 1. The summed E-state index contributed by atoms with van der Waals surface area (Å²) in [5, 5.41) is 3.00. The average molecular weight is 339 g/mol. The molecule has 3 N–H and O–H groups in total. The Morgan fingerprint density at radius 1 is 1.18 bits per heavy atom. The van der Waals surface area contributed by atoms with Crippen LogP contribution >= 0.6 is 11.6 Å². The molecule has 0 fully saturated rings. The molecular formula is C15H15ClN2O3S. The van der Waals surface area contributed by atoms with Gasteiger partial charge < -0.3 is 11.1 Å². The van der Waals surface area contributed by atoms with Gasteiger partial charge in [0.2, 0.25) is 15.7 Å². The number of aryl methyl sites for hydroxylation is 1. The van der Waals surface area contributed by atoms with E-state index in [0.717, 1.165) is 5.56 Å². The van der Waals surface area contributed by atoms with Gasteiger partial charge in [0.25, 0.3) is 0 Å². The highest BCUT2D eigenvalue weighted by molar-refractivity contribution is 7.91. The van der Waals surface area contributed by atoms with E-state index >= 15 is 0 Å². The fourth-order valence-electron chi connectivity index (χ4n) is 1.89. The highest BCUT2D eigenvalue weighted by atomic mass is 35.5. The van der Waals surface area contributed by atoms with Crippen LogP contribution in [0.2, 0.25) is 5.02 Å². The SMILES string of the molecule is Cc1ccc(S(=O)(=O)c2cc(Cl)ccc2NCC(N)=O)cc1. The number of amides is 1. The summed E-state index contributed by atoms with van der Waals surface area (Å²) >= 11 is 5.91. The number of hydrogen-bond acceptors (Lipinski definition) is 4. The summed E-state index contributed by atoms with van der Waals surface area (Å²) in [6, 6.07) is 10.9. The molecule has 2 aromatic carbocycles. The summed E-state index contributed by atoms with van der Waals surface area (Å²) in [6.45, 7) is 1.70. The lowest BCUT2D eigenvalue weighted by Gasteiger charge is -2.12. The molecule has 2 aromatic rings. The standard InChI is InChI=1S/C15H15ClN2O3S/c1-10-2-5-12(6-3-10)22(20,21)14-8-11(16)4-7-13(14)18-9-15(17)19/h2-8,18H,9H2,1H3,(H2,17,19). The topological polar surface area (TPSA) is 89.3 Å². The van der Waals surface area contributed by atoms with Crippen LogP contribution in [-0.4, -0.2) is 20.9 Å². The van der Waals surface area contributed by atoms with Gasteiger partial charge in [0.15, 0.2) is 0 Å². The molecule has 0 aromatic heterocycles. The number of benzene rings is 2. The molecule has 1 amide bonds. The molecule has 0 atom stereocenters. The zero-order valence-electron chi connectivity index (χ0n) is 11.8. The second-order valence-electron chi connectivity index (χ2n) is 4.78. The van der Waals surface area contributed by atoms with Crippen LogP contribution in [0.25, 0.3) is 0 Å². The number of sulfone groups is 1. The van der Waals surface area contributed by atoms with E-state index in [1.54, 1.807) is 18.2 Å². The Balaban J connectivity index is 2.51. The van der Waals surface area contributed by atoms with Crippen LogP contribution in [0.1, 0.15) is 5.56 Å². The number of halogens is 1. The number of primary amides is 1. The van der Waals surface area contributed by atoms with Crippen molar-refractivity contribution in [3.8, 4) is 0 Å². The Labute approximate surface area is 134 Å². The third-order valence-corrected chi connectivity index (χ3v) is 5.06. The van der Waals surface area contributed by atoms with Crippen molar-refractivity contribution < 1.29 is 13.2 Å². The van der Waals surface area contributed by atoms with Crippen molar-refractivity contribution in [3.05, 3.63) is 53.1 Å². The minimum atomic E-state index is -3.76. The summed E-state index contributed by atoms with van der Waals surface area (Å²) in [5.74, 6) is -0.589. The lowest BCUT2D eigenvalue weighted by Crippen LogP contribution is -2.22. The summed E-state index contributed by atoms with van der Waals surface area (Å²) in [6.07, 6.45) is 0. The van der Waals surface area contributed by atoms with Crippen LogP contribution in [0.3, 0.4) is 0 Å². The second kappa shape index (κ2) is 6.37. The molecule has 0 aliphatic heterocycles. The van der Waals surface area contributed by atoms with Gasteiger partial charge in [0, 0.05) is 5.02 Å². The van der Waals surface area contributed by atoms with Gasteiger partial charge in [0.1, 0.15) is 0 Å². The van der Waals surface area contributed by atoms with Gasteiger partial charge in [-0.05, 0) is 37.3 Å². The molecule has 0 saturated heterocycles. The van der Waals surface area contributed by atoms with Gasteiger partial charge in [-0.3, -0.25) is 4.79 Å². The number of nitrogens with one attached hydrogen (secondary N) is 1. The molecule has 7 heteroatoms. The van der Waals surface area contributed by atoms with Crippen LogP contribution < -0.4 is 11.1 Å². The fraction of sp³-hybridized carbons (Fsp3) is 0.133. The maximum absolute atomic E-state index is 12.7. The highest BCUT2D eigenvalue weighted by Crippen LogP contribution is 2.30. The largest absolute Gasteiger partial charge is 0.375 e. The van der Waals surface area contributed by atoms with E-state index < -0.39 is 15.7 Å². The predicted molar refractivity (Wildman–Crippen MR) is 85.8 cm³/mol. The fourth-order valence-corrected chi connectivity index (χ4v) is 3.59. The van der Waals surface area contributed by atoms with Crippen molar-refractivity contribution in [3.63, 3.8) is 0 Å². The van der Waals surface area contributed by atoms with Gasteiger partial charge in [-0.25, -0.2) is 8.42 Å². The maximum atomic E-state index is 12.7. The zero-order valence-corrected chi connectivity index (χ0v) is 13.4. The summed E-state index contributed by atoms with van der Waals surface area (Å²) < 4.78 is 25.5. The number of anilines is 1. The summed E-state index contributed by atoms with van der Waals surface area (Å²) in [7, 11) is -3.76. The average Bonchev–Trinajstić information content (AvgIpc) is 2.46. The van der Waals surface area contributed by atoms with Gasteiger partial charge in [-0.1, -0.05) is 29.3 Å². The quantitative estimate of drug-likeness (QED) is 0.875. The molecule has 0 aliphatic rings. The number of hydrogen-bond donors (Lipinski definition) is 2. The van der Waals surface area contributed by atoms with E-state index in [9.17, 15) is 13.2 Å². The lowest BCUT2D eigenvalue weighted by atomic mass is 10.2. The van der Waals surface area contributed by atoms with Crippen molar-refractivity contribution >= 4 is 33.0 Å². The van der Waals surface area contributed by atoms with E-state index in [2.05, 4.69) is 5.32 Å². The number of rotatable bonds is 5. The monoisotopic (exact) mass is 338 g/mol. The Hall–Kier alpha value is -2.05. The third-order valence-electron chi connectivity index (χ3n) is 3.02. The van der Waals surface area contributed by atoms with Gasteiger partial charge >= 0.3 is 0 Å². The minimum Gasteiger partial charge on any atom is -0.375 e. The van der Waals surface area contributed by atoms with Crippen LogP contribution in [0.4, 0.5) is 5.69 Å². The van der Waals surface area contributed by atoms with Crippen LogP contribution in [0.15, 0.2) is 52.3 Å². The van der Waals surface area contributed by atoms with E-state index in [0.29, 0.717) is 0 Å². The van der Waals surface area contributed by atoms with Crippen LogP contribution in [0, 0.1) is 6.92 Å². The van der Waals surface area contributed by atoms with Crippen molar-refractivity contribution in [1.82, 2.24) is 0 Å². The van der Waals surface area contributed by atoms with Crippen LogP contribution in [0.5, 0.6) is 0 Å². The summed E-state index contributed by atoms with van der Waals surface area (Å²) in [5.41, 5.74) is 6.32. The first-order chi connectivity index (χ1) is 10.3. The molecule has 0 unspecified atom stereocenters. The molecule has 5 nitrogen and oxygen atoms in total. The van der Waals surface area contributed by atoms with Crippen molar-refractivity contribution in [2.75, 3.05) is 11.9 Å². The molecule has 116 valence electrons. The molecule has 2 rings (SSSR count). The maximum Gasteiger partial charge on any atom is 0.236 e. The summed E-state index contributed by atoms with van der Waals surface area (Å²) in [4.78, 5) is 11.1. The molecule has 0 saturated carbocycles. The first-order valence-corrected chi connectivity index (χ1v) is 8.30. The van der Waals surface area contributed by atoms with Crippen LogP contribution in [-0.2, 0) is 14.6 Å². The van der Waals surface area contributed by atoms with Gasteiger partial charge in [-0.2, -0.15) is 0 Å². The Bertz CT molecular complexity index is 802. The smallest absolute Gasteiger partial charge is 0.236 e. The molecule has 0 spiro atoms. The van der Waals surface area contributed by atoms with Gasteiger partial charge in [0.05, 0.1) is 22.0 Å². The Morgan fingerprint density at radius 2 is 1.82 bits per heavy atom. The molecular weight excluding hydrogens is 324 g/mol. The van der Waals surface area contributed by atoms with E-state index in [1.165, 1.54) is 24.3 Å². The normalized spacial score (nSPS) is 11.2. The van der Waals surface area contributed by atoms with E-state index in [1.807, 2.05) is 6.92 Å². The second-order valence-corrected chi connectivity index (χ2v) is 7.13. The zero-order chi connectivity index (χ0) is 16.3. The Kier molecular flexibility index (Phi) is 4.73. The van der Waals surface area contributed by atoms with E-state index in [4.69, 9.17) is 17.3 Å². The van der Waals surface area contributed by atoms with Crippen molar-refractivity contribution in [2.24, 2.45) is 5.73 Å².